The Kier molecular flexibility index (Phi) is 7.25. The Morgan fingerprint density at radius 2 is 1.86 bits per heavy atom. The number of nitrogens with zero attached hydrogens (tertiary/aromatic N) is 1. The molecule has 0 radical (unpaired) electrons. The van der Waals surface area contributed by atoms with E-state index in [4.69, 9.17) is 22.1 Å². The second-order valence-electron chi connectivity index (χ2n) is 5.79. The fourth-order valence-corrected chi connectivity index (χ4v) is 4.27. The molecule has 0 spiro atoms. The first-order valence-electron chi connectivity index (χ1n) is 8.13. The lowest BCUT2D eigenvalue weighted by Gasteiger charge is -2.28. The number of esters is 1. The van der Waals surface area contributed by atoms with Crippen molar-refractivity contribution < 1.29 is 27.8 Å². The third kappa shape index (κ3) is 4.74. The average molecular weight is 429 g/mol. The third-order valence-electron chi connectivity index (χ3n) is 4.09. The molecule has 28 heavy (non-hydrogen) atoms. The molecule has 0 saturated carbocycles. The zero-order valence-corrected chi connectivity index (χ0v) is 16.9. The minimum atomic E-state index is -4.19. The molecule has 0 saturated heterocycles. The van der Waals surface area contributed by atoms with Crippen molar-refractivity contribution in [2.45, 2.75) is 17.5 Å². The highest BCUT2D eigenvalue weighted by Gasteiger charge is 2.36. The number of benzene rings is 2. The average Bonchev–Trinajstić information content (AvgIpc) is 2.69. The Morgan fingerprint density at radius 1 is 1.21 bits per heavy atom. The molecule has 0 aliphatic heterocycles. The maximum Gasteiger partial charge on any atom is 0.326 e. The van der Waals surface area contributed by atoms with Crippen LogP contribution in [0.2, 0.25) is 5.02 Å². The summed E-state index contributed by atoms with van der Waals surface area (Å²) in [5.41, 5.74) is 6.61. The van der Waals surface area contributed by atoms with Crippen LogP contribution in [-0.4, -0.2) is 50.7 Å². The lowest BCUT2D eigenvalue weighted by Crippen LogP contribution is -2.47. The van der Waals surface area contributed by atoms with Gasteiger partial charge in [-0.3, -0.25) is 4.79 Å². The molecule has 0 bridgehead atoms. The molecule has 1 unspecified atom stereocenters. The van der Waals surface area contributed by atoms with Crippen LogP contribution in [0.5, 0.6) is 5.75 Å². The van der Waals surface area contributed by atoms with Crippen molar-refractivity contribution in [1.29, 1.82) is 0 Å². The maximum absolute atomic E-state index is 13.2. The number of nitrogen functional groups attached to an aromatic ring is 1. The van der Waals surface area contributed by atoms with Crippen LogP contribution in [0.4, 0.5) is 5.69 Å². The number of aliphatic hydroxyl groups is 1. The van der Waals surface area contributed by atoms with Gasteiger partial charge in [0, 0.05) is 17.3 Å². The summed E-state index contributed by atoms with van der Waals surface area (Å²) >= 11 is 5.89. The molecule has 1 atom stereocenters. The van der Waals surface area contributed by atoms with Crippen molar-refractivity contribution in [2.24, 2.45) is 0 Å². The monoisotopic (exact) mass is 428 g/mol. The summed E-state index contributed by atoms with van der Waals surface area (Å²) in [6.45, 7) is -1.03. The lowest BCUT2D eigenvalue weighted by atomic mass is 10.1. The molecule has 0 fully saturated rings. The number of carbonyl (C=O) groups excluding carboxylic acids is 1. The number of halogens is 1. The number of aliphatic hydroxyl groups excluding tert-OH is 1. The predicted octanol–water partition coefficient (Wildman–Crippen LogP) is 1.66. The van der Waals surface area contributed by atoms with E-state index in [1.54, 1.807) is 12.1 Å². The number of ether oxygens (including phenoxy) is 2. The summed E-state index contributed by atoms with van der Waals surface area (Å²) in [4.78, 5) is 12.1. The zero-order chi connectivity index (χ0) is 20.9. The van der Waals surface area contributed by atoms with Gasteiger partial charge in [-0.2, -0.15) is 4.31 Å². The van der Waals surface area contributed by atoms with Crippen molar-refractivity contribution in [3.63, 3.8) is 0 Å². The second kappa shape index (κ2) is 9.24. The molecule has 0 aromatic heterocycles. The molecule has 152 valence electrons. The largest absolute Gasteiger partial charge is 0.497 e. The van der Waals surface area contributed by atoms with E-state index < -0.39 is 28.6 Å². The quantitative estimate of drug-likeness (QED) is 0.484. The molecule has 0 aliphatic carbocycles. The van der Waals surface area contributed by atoms with Crippen LogP contribution >= 0.6 is 11.6 Å². The number of hydrogen-bond acceptors (Lipinski definition) is 7. The first kappa shape index (κ1) is 22.0. The Hall–Kier alpha value is -2.33. The van der Waals surface area contributed by atoms with Crippen LogP contribution in [0.25, 0.3) is 0 Å². The zero-order valence-electron chi connectivity index (χ0n) is 15.3. The van der Waals surface area contributed by atoms with Gasteiger partial charge in [0.15, 0.2) is 0 Å². The summed E-state index contributed by atoms with van der Waals surface area (Å²) in [6.07, 6.45) is 0. The van der Waals surface area contributed by atoms with Crippen molar-refractivity contribution >= 4 is 33.3 Å². The number of nitrogens with two attached hydrogens (primary N) is 1. The molecule has 2 rings (SSSR count). The first-order valence-corrected chi connectivity index (χ1v) is 9.95. The number of methoxy groups -OCH3 is 2. The van der Waals surface area contributed by atoms with Gasteiger partial charge in [0.1, 0.15) is 11.8 Å². The summed E-state index contributed by atoms with van der Waals surface area (Å²) < 4.78 is 37.0. The molecular formula is C18H21ClN2O6S. The highest BCUT2D eigenvalue weighted by Crippen LogP contribution is 2.26. The normalized spacial score (nSPS) is 12.6. The Bertz CT molecular complexity index is 934. The molecule has 0 aliphatic rings. The van der Waals surface area contributed by atoms with Crippen molar-refractivity contribution in [3.8, 4) is 5.75 Å². The van der Waals surface area contributed by atoms with Crippen molar-refractivity contribution in [2.75, 3.05) is 26.6 Å². The van der Waals surface area contributed by atoms with Gasteiger partial charge in [-0.1, -0.05) is 17.7 Å². The molecular weight excluding hydrogens is 408 g/mol. The van der Waals surface area contributed by atoms with Gasteiger partial charge in [-0.25, -0.2) is 8.42 Å². The number of anilines is 1. The molecule has 2 aromatic rings. The molecule has 3 N–H and O–H groups in total. The first-order chi connectivity index (χ1) is 13.2. The van der Waals surface area contributed by atoms with Gasteiger partial charge in [0.2, 0.25) is 10.0 Å². The van der Waals surface area contributed by atoms with Crippen LogP contribution in [0, 0.1) is 0 Å². The molecule has 0 amide bonds. The molecule has 8 nitrogen and oxygen atoms in total. The Morgan fingerprint density at radius 3 is 2.36 bits per heavy atom. The van der Waals surface area contributed by atoms with Gasteiger partial charge in [0.05, 0.1) is 25.7 Å². The van der Waals surface area contributed by atoms with E-state index in [0.29, 0.717) is 16.3 Å². The van der Waals surface area contributed by atoms with E-state index in [2.05, 4.69) is 4.74 Å². The van der Waals surface area contributed by atoms with E-state index in [1.165, 1.54) is 37.4 Å². The van der Waals surface area contributed by atoms with Gasteiger partial charge in [0.25, 0.3) is 0 Å². The topological polar surface area (TPSA) is 119 Å². The van der Waals surface area contributed by atoms with Crippen molar-refractivity contribution in [3.05, 3.63) is 53.1 Å². The van der Waals surface area contributed by atoms with E-state index >= 15 is 0 Å². The summed E-state index contributed by atoms with van der Waals surface area (Å²) in [7, 11) is -1.62. The molecule has 0 heterocycles. The fourth-order valence-electron chi connectivity index (χ4n) is 2.54. The summed E-state index contributed by atoms with van der Waals surface area (Å²) in [6, 6.07) is 8.78. The summed E-state index contributed by atoms with van der Waals surface area (Å²) in [5, 5.41) is 10.1. The number of carbonyl (C=O) groups is 1. The Balaban J connectivity index is 2.53. The van der Waals surface area contributed by atoms with E-state index in [-0.39, 0.29) is 17.1 Å². The SMILES string of the molecule is COC(=O)C(CO)N(Cc1ccc(Cl)cc1N)S(=O)(=O)c1ccc(OC)cc1. The Labute approximate surface area is 168 Å². The van der Waals surface area contributed by atoms with Crippen LogP contribution in [-0.2, 0) is 26.1 Å². The predicted molar refractivity (Wildman–Crippen MR) is 104 cm³/mol. The van der Waals surface area contributed by atoms with Crippen LogP contribution in [0.1, 0.15) is 5.56 Å². The highest BCUT2D eigenvalue weighted by molar-refractivity contribution is 7.89. The standard InChI is InChI=1S/C18H21ClN2O6S/c1-26-14-5-7-15(8-6-14)28(24,25)21(17(11-22)18(23)27-2)10-12-3-4-13(19)9-16(12)20/h3-9,17,22H,10-11,20H2,1-2H3. The van der Waals surface area contributed by atoms with E-state index in [1.807, 2.05) is 0 Å². The van der Waals surface area contributed by atoms with Crippen LogP contribution in [0.3, 0.4) is 0 Å². The fraction of sp³-hybridized carbons (Fsp3) is 0.278. The lowest BCUT2D eigenvalue weighted by molar-refractivity contribution is -0.146. The molecule has 10 heteroatoms. The van der Waals surface area contributed by atoms with Crippen molar-refractivity contribution in [1.82, 2.24) is 4.31 Å². The number of sulfonamides is 1. The minimum Gasteiger partial charge on any atom is -0.497 e. The van der Waals surface area contributed by atoms with Crippen LogP contribution < -0.4 is 10.5 Å². The third-order valence-corrected chi connectivity index (χ3v) is 6.20. The van der Waals surface area contributed by atoms with E-state index in [9.17, 15) is 18.3 Å². The van der Waals surface area contributed by atoms with E-state index in [0.717, 1.165) is 11.4 Å². The number of rotatable bonds is 8. The van der Waals surface area contributed by atoms with Crippen LogP contribution in [0.15, 0.2) is 47.4 Å². The highest BCUT2D eigenvalue weighted by atomic mass is 35.5. The second-order valence-corrected chi connectivity index (χ2v) is 8.12. The van der Waals surface area contributed by atoms with Gasteiger partial charge in [-0.15, -0.1) is 0 Å². The van der Waals surface area contributed by atoms with Gasteiger partial charge < -0.3 is 20.3 Å². The molecule has 2 aromatic carbocycles. The smallest absolute Gasteiger partial charge is 0.326 e. The van der Waals surface area contributed by atoms with Gasteiger partial charge in [-0.05, 0) is 42.0 Å². The number of hydrogen-bond donors (Lipinski definition) is 2. The maximum atomic E-state index is 13.2. The van der Waals surface area contributed by atoms with Gasteiger partial charge >= 0.3 is 5.97 Å². The summed E-state index contributed by atoms with van der Waals surface area (Å²) in [5.74, 6) is -0.425. The minimum absolute atomic E-state index is 0.0804.